The number of hydrogen-bond donors (Lipinski definition) is 8. The van der Waals surface area contributed by atoms with Crippen LogP contribution in [0.4, 0.5) is 0 Å². The van der Waals surface area contributed by atoms with Gasteiger partial charge in [-0.15, -0.1) is 0 Å². The number of aliphatic hydroxyl groups is 2. The molecule has 0 radical (unpaired) electrons. The molecule has 1 saturated heterocycles. The summed E-state index contributed by atoms with van der Waals surface area (Å²) in [5, 5.41) is 80.2. The fourth-order valence-electron chi connectivity index (χ4n) is 4.44. The number of esters is 1. The van der Waals surface area contributed by atoms with Crippen molar-refractivity contribution in [2.75, 3.05) is 0 Å². The van der Waals surface area contributed by atoms with Crippen molar-refractivity contribution < 1.29 is 64.3 Å². The zero-order chi connectivity index (χ0) is 30.5. The maximum atomic E-state index is 13.6. The van der Waals surface area contributed by atoms with Gasteiger partial charge in [-0.3, -0.25) is 4.79 Å². The number of rotatable bonds is 5. The van der Waals surface area contributed by atoms with Gasteiger partial charge in [-0.1, -0.05) is 0 Å². The molecule has 1 aromatic heterocycles. The number of benzene rings is 3. The lowest BCUT2D eigenvalue weighted by Crippen LogP contribution is -2.59. The Kier molecular flexibility index (Phi) is 7.20. The lowest BCUT2D eigenvalue weighted by Gasteiger charge is -2.40. The molecule has 5 atom stereocenters. The largest absolute Gasteiger partial charge is 0.508 e. The van der Waals surface area contributed by atoms with Crippen LogP contribution in [-0.4, -0.2) is 77.5 Å². The SMILES string of the molecule is C[C@@H]1O[C@@H](Oc2c(-c3ccc(O)cc3)oc3cc(O)cc(O)c3c2=O)[C@H](O)[C@H](OC(=O)c2cc(O)c(O)c(O)c2)[C@H]1O. The lowest BCUT2D eigenvalue weighted by atomic mass is 9.99. The smallest absolute Gasteiger partial charge is 0.338 e. The molecule has 14 heteroatoms. The molecule has 42 heavy (non-hydrogen) atoms. The summed E-state index contributed by atoms with van der Waals surface area (Å²) in [4.78, 5) is 26.3. The second-order valence-corrected chi connectivity index (χ2v) is 9.52. The van der Waals surface area contributed by atoms with Gasteiger partial charge in [0.25, 0.3) is 0 Å². The van der Waals surface area contributed by atoms with Crippen molar-refractivity contribution in [3.63, 3.8) is 0 Å². The van der Waals surface area contributed by atoms with E-state index in [9.17, 15) is 50.4 Å². The van der Waals surface area contributed by atoms with Crippen molar-refractivity contribution in [2.45, 2.75) is 37.6 Å². The number of aromatic hydroxyl groups is 6. The number of ether oxygens (including phenoxy) is 3. The first-order valence-electron chi connectivity index (χ1n) is 12.3. The molecule has 0 saturated carbocycles. The molecule has 0 spiro atoms. The Morgan fingerprint density at radius 3 is 2.12 bits per heavy atom. The van der Waals surface area contributed by atoms with Crippen LogP contribution in [0.25, 0.3) is 22.3 Å². The number of hydrogen-bond acceptors (Lipinski definition) is 14. The molecule has 1 aliphatic heterocycles. The van der Waals surface area contributed by atoms with Crippen molar-refractivity contribution >= 4 is 16.9 Å². The summed E-state index contributed by atoms with van der Waals surface area (Å²) in [6.45, 7) is 1.37. The Morgan fingerprint density at radius 1 is 0.833 bits per heavy atom. The molecular weight excluding hydrogens is 560 g/mol. The second kappa shape index (κ2) is 10.7. The van der Waals surface area contributed by atoms with E-state index in [1.165, 1.54) is 31.2 Å². The number of carbonyl (C=O) groups excluding carboxylic acids is 1. The Labute approximate surface area is 235 Å². The van der Waals surface area contributed by atoms with Gasteiger partial charge < -0.3 is 59.5 Å². The number of phenolic OH excluding ortho intramolecular Hbond substituents is 6. The maximum Gasteiger partial charge on any atom is 0.338 e. The minimum absolute atomic E-state index is 0.103. The predicted octanol–water partition coefficient (Wildman–Crippen LogP) is 1.76. The van der Waals surface area contributed by atoms with Gasteiger partial charge in [0.15, 0.2) is 35.2 Å². The molecule has 1 fully saturated rings. The van der Waals surface area contributed by atoms with Crippen LogP contribution in [-0.2, 0) is 9.47 Å². The van der Waals surface area contributed by atoms with Crippen molar-refractivity contribution in [2.24, 2.45) is 0 Å². The van der Waals surface area contributed by atoms with Crippen LogP contribution in [0.5, 0.6) is 40.2 Å². The number of fused-ring (bicyclic) bond motifs is 1. The quantitative estimate of drug-likeness (QED) is 0.123. The summed E-state index contributed by atoms with van der Waals surface area (Å²) in [7, 11) is 0. The molecule has 3 aromatic carbocycles. The first-order chi connectivity index (χ1) is 19.8. The van der Waals surface area contributed by atoms with Crippen LogP contribution in [0.2, 0.25) is 0 Å². The molecule has 5 rings (SSSR count). The highest BCUT2D eigenvalue weighted by atomic mass is 16.7. The summed E-state index contributed by atoms with van der Waals surface area (Å²) >= 11 is 0. The number of phenols is 6. The third kappa shape index (κ3) is 5.05. The first kappa shape index (κ1) is 28.4. The van der Waals surface area contributed by atoms with E-state index in [2.05, 4.69) is 0 Å². The van der Waals surface area contributed by atoms with E-state index >= 15 is 0 Å². The Bertz CT molecular complexity index is 1700. The lowest BCUT2D eigenvalue weighted by molar-refractivity contribution is -0.267. The average molecular weight is 584 g/mol. The highest BCUT2D eigenvalue weighted by Gasteiger charge is 2.47. The molecule has 0 bridgehead atoms. The number of carbonyl (C=O) groups is 1. The topological polar surface area (TPSA) is 237 Å². The summed E-state index contributed by atoms with van der Waals surface area (Å²) in [5.41, 5.74) is -1.37. The van der Waals surface area contributed by atoms with E-state index in [4.69, 9.17) is 18.6 Å². The molecule has 4 aromatic rings. The van der Waals surface area contributed by atoms with Crippen LogP contribution >= 0.6 is 0 Å². The highest BCUT2D eigenvalue weighted by Crippen LogP contribution is 2.38. The standard InChI is InChI=1S/C28H24O14/c1-10-20(34)25(41-27(38)12-6-16(32)21(35)17(33)7-12)23(37)28(39-10)42-26-22(36)19-15(31)8-14(30)9-18(19)40-24(26)11-2-4-13(29)5-3-11/h2-10,20,23,25,28-35,37H,1H3/t10-,20-,23+,25+,28-/m0/s1. The summed E-state index contributed by atoms with van der Waals surface area (Å²) < 4.78 is 22.4. The van der Waals surface area contributed by atoms with Gasteiger partial charge in [0.05, 0.1) is 11.7 Å². The average Bonchev–Trinajstić information content (AvgIpc) is 2.93. The summed E-state index contributed by atoms with van der Waals surface area (Å²) in [6, 6.07) is 8.93. The van der Waals surface area contributed by atoms with Crippen LogP contribution in [0, 0.1) is 0 Å². The molecule has 220 valence electrons. The molecule has 2 heterocycles. The maximum absolute atomic E-state index is 13.6. The van der Waals surface area contributed by atoms with Crippen molar-refractivity contribution in [1.29, 1.82) is 0 Å². The second-order valence-electron chi connectivity index (χ2n) is 9.52. The molecular formula is C28H24O14. The van der Waals surface area contributed by atoms with Crippen LogP contribution < -0.4 is 10.2 Å². The molecule has 14 nitrogen and oxygen atoms in total. The first-order valence-corrected chi connectivity index (χ1v) is 12.3. The van der Waals surface area contributed by atoms with E-state index in [-0.39, 0.29) is 28.0 Å². The monoisotopic (exact) mass is 584 g/mol. The van der Waals surface area contributed by atoms with Crippen LogP contribution in [0.15, 0.2) is 57.7 Å². The third-order valence-electron chi connectivity index (χ3n) is 6.61. The minimum Gasteiger partial charge on any atom is -0.508 e. The van der Waals surface area contributed by atoms with Crippen LogP contribution in [0.1, 0.15) is 17.3 Å². The van der Waals surface area contributed by atoms with Gasteiger partial charge in [-0.2, -0.15) is 0 Å². The van der Waals surface area contributed by atoms with Crippen molar-refractivity contribution in [3.05, 3.63) is 64.3 Å². The normalized spacial score (nSPS) is 22.1. The van der Waals surface area contributed by atoms with Gasteiger partial charge in [0, 0.05) is 17.7 Å². The highest BCUT2D eigenvalue weighted by molar-refractivity contribution is 5.91. The number of aliphatic hydroxyl groups excluding tert-OH is 2. The predicted molar refractivity (Wildman–Crippen MR) is 141 cm³/mol. The zero-order valence-electron chi connectivity index (χ0n) is 21.5. The summed E-state index contributed by atoms with van der Waals surface area (Å²) in [6.07, 6.45) is -8.18. The van der Waals surface area contributed by atoms with Crippen LogP contribution in [0.3, 0.4) is 0 Å². The van der Waals surface area contributed by atoms with Gasteiger partial charge in [-0.25, -0.2) is 4.79 Å². The van der Waals surface area contributed by atoms with Gasteiger partial charge in [0.2, 0.25) is 17.5 Å². The van der Waals surface area contributed by atoms with E-state index in [0.717, 1.165) is 24.3 Å². The summed E-state index contributed by atoms with van der Waals surface area (Å²) in [5.74, 6) is -5.69. The molecule has 0 aliphatic carbocycles. The van der Waals surface area contributed by atoms with Gasteiger partial charge in [0.1, 0.15) is 34.3 Å². The van der Waals surface area contributed by atoms with E-state index in [1.54, 1.807) is 0 Å². The van der Waals surface area contributed by atoms with Crippen molar-refractivity contribution in [3.8, 4) is 51.6 Å². The van der Waals surface area contributed by atoms with Gasteiger partial charge >= 0.3 is 5.97 Å². The molecule has 0 amide bonds. The molecule has 8 N–H and O–H groups in total. The Morgan fingerprint density at radius 2 is 1.48 bits per heavy atom. The van der Waals surface area contributed by atoms with E-state index < -0.39 is 82.2 Å². The molecule has 1 aliphatic rings. The Balaban J connectivity index is 1.53. The van der Waals surface area contributed by atoms with Crippen molar-refractivity contribution in [1.82, 2.24) is 0 Å². The van der Waals surface area contributed by atoms with E-state index in [0.29, 0.717) is 0 Å². The van der Waals surface area contributed by atoms with Gasteiger partial charge in [-0.05, 0) is 43.3 Å². The molecule has 0 unspecified atom stereocenters. The fourth-order valence-corrected chi connectivity index (χ4v) is 4.44. The zero-order valence-corrected chi connectivity index (χ0v) is 21.5. The fraction of sp³-hybridized carbons (Fsp3) is 0.214. The van der Waals surface area contributed by atoms with E-state index in [1.807, 2.05) is 0 Å². The Hall–Kier alpha value is -5.18. The third-order valence-corrected chi connectivity index (χ3v) is 6.61. The minimum atomic E-state index is -1.93.